The lowest BCUT2D eigenvalue weighted by molar-refractivity contribution is 0.402. The van der Waals surface area contributed by atoms with Gasteiger partial charge in [0.2, 0.25) is 20.0 Å². The zero-order valence-corrected chi connectivity index (χ0v) is 21.8. The van der Waals surface area contributed by atoms with E-state index in [1.54, 1.807) is 72.8 Å². The summed E-state index contributed by atoms with van der Waals surface area (Å²) in [5, 5.41) is 0. The molecule has 0 saturated carbocycles. The standard InChI is InChI=1S/C26H28N2O6S2/c1-18-4-10-23(11-5-18)35(29,30)27-16-21-8-14-25(33-21)20(3)26-15-9-22(34-26)17-28-36(31,32)24-12-6-19(2)7-13-24/h4-15,20,27-28H,16-17H2,1-3H3. The van der Waals surface area contributed by atoms with Crippen molar-refractivity contribution >= 4 is 20.0 Å². The van der Waals surface area contributed by atoms with Crippen LogP contribution in [0.15, 0.2) is 91.4 Å². The number of aryl methyl sites for hydroxylation is 2. The first kappa shape index (κ1) is 25.9. The molecule has 0 spiro atoms. The summed E-state index contributed by atoms with van der Waals surface area (Å²) in [6.07, 6.45) is 0. The van der Waals surface area contributed by atoms with E-state index >= 15 is 0 Å². The fourth-order valence-corrected chi connectivity index (χ4v) is 5.51. The second kappa shape index (κ2) is 10.4. The number of hydrogen-bond acceptors (Lipinski definition) is 6. The highest BCUT2D eigenvalue weighted by Crippen LogP contribution is 2.28. The topological polar surface area (TPSA) is 119 Å². The van der Waals surface area contributed by atoms with Crippen molar-refractivity contribution in [3.8, 4) is 0 Å². The van der Waals surface area contributed by atoms with Crippen molar-refractivity contribution in [3.63, 3.8) is 0 Å². The van der Waals surface area contributed by atoms with Gasteiger partial charge >= 0.3 is 0 Å². The van der Waals surface area contributed by atoms with Gasteiger partial charge < -0.3 is 8.83 Å². The zero-order chi connectivity index (χ0) is 25.9. The average Bonchev–Trinajstić information content (AvgIpc) is 3.52. The molecule has 2 heterocycles. The van der Waals surface area contributed by atoms with Crippen molar-refractivity contribution in [1.82, 2.24) is 9.44 Å². The number of nitrogens with one attached hydrogen (secondary N) is 2. The Morgan fingerprint density at radius 3 is 1.33 bits per heavy atom. The predicted molar refractivity (Wildman–Crippen MR) is 135 cm³/mol. The summed E-state index contributed by atoms with van der Waals surface area (Å²) in [6.45, 7) is 5.68. The van der Waals surface area contributed by atoms with Gasteiger partial charge in [-0.05, 0) is 69.3 Å². The minimum Gasteiger partial charge on any atom is -0.464 e. The molecular formula is C26H28N2O6S2. The number of furan rings is 2. The Kier molecular flexibility index (Phi) is 7.51. The van der Waals surface area contributed by atoms with Crippen LogP contribution in [-0.2, 0) is 33.1 Å². The van der Waals surface area contributed by atoms with Crippen molar-refractivity contribution in [3.05, 3.63) is 107 Å². The molecule has 4 aromatic rings. The molecule has 0 saturated heterocycles. The SMILES string of the molecule is Cc1ccc(S(=O)(=O)NCc2ccc(C(C)c3ccc(CNS(=O)(=O)c4ccc(C)cc4)o3)o2)cc1. The van der Waals surface area contributed by atoms with Crippen LogP contribution in [0.4, 0.5) is 0 Å². The molecule has 0 aliphatic heterocycles. The van der Waals surface area contributed by atoms with Crippen molar-refractivity contribution in [2.75, 3.05) is 0 Å². The van der Waals surface area contributed by atoms with Gasteiger partial charge in [0.25, 0.3) is 0 Å². The number of hydrogen-bond donors (Lipinski definition) is 2. The third-order valence-electron chi connectivity index (χ3n) is 5.75. The fourth-order valence-electron chi connectivity index (χ4n) is 3.52. The molecule has 2 aromatic heterocycles. The first-order valence-corrected chi connectivity index (χ1v) is 14.3. The monoisotopic (exact) mass is 528 g/mol. The first-order valence-electron chi connectivity index (χ1n) is 11.3. The normalized spacial score (nSPS) is 12.3. The van der Waals surface area contributed by atoms with E-state index in [1.165, 1.54) is 0 Å². The van der Waals surface area contributed by atoms with Gasteiger partial charge in [-0.2, -0.15) is 0 Å². The second-order valence-corrected chi connectivity index (χ2v) is 12.1. The molecule has 8 nitrogen and oxygen atoms in total. The summed E-state index contributed by atoms with van der Waals surface area (Å²) in [5.74, 6) is 1.87. The van der Waals surface area contributed by atoms with Crippen LogP contribution in [0.25, 0.3) is 0 Å². The first-order chi connectivity index (χ1) is 17.0. The smallest absolute Gasteiger partial charge is 0.240 e. The van der Waals surface area contributed by atoms with Crippen LogP contribution in [0.1, 0.15) is 47.0 Å². The summed E-state index contributed by atoms with van der Waals surface area (Å²) >= 11 is 0. The lowest BCUT2D eigenvalue weighted by Crippen LogP contribution is -2.23. The molecule has 0 aliphatic rings. The van der Waals surface area contributed by atoms with Gasteiger partial charge in [0.1, 0.15) is 23.0 Å². The summed E-state index contributed by atoms with van der Waals surface area (Å²) in [5.41, 5.74) is 1.95. The maximum Gasteiger partial charge on any atom is 0.240 e. The summed E-state index contributed by atoms with van der Waals surface area (Å²) < 4.78 is 66.8. The minimum absolute atomic E-state index is 0.00707. The zero-order valence-electron chi connectivity index (χ0n) is 20.2. The molecule has 0 atom stereocenters. The van der Waals surface area contributed by atoms with Crippen LogP contribution in [-0.4, -0.2) is 16.8 Å². The third kappa shape index (κ3) is 6.14. The fraction of sp³-hybridized carbons (Fsp3) is 0.231. The van der Waals surface area contributed by atoms with E-state index in [1.807, 2.05) is 20.8 Å². The lowest BCUT2D eigenvalue weighted by Gasteiger charge is -2.08. The van der Waals surface area contributed by atoms with Gasteiger partial charge in [0, 0.05) is 0 Å². The van der Waals surface area contributed by atoms with Gasteiger partial charge in [-0.15, -0.1) is 0 Å². The highest BCUT2D eigenvalue weighted by molar-refractivity contribution is 7.89. The molecule has 190 valence electrons. The molecule has 0 bridgehead atoms. The van der Waals surface area contributed by atoms with Crippen LogP contribution in [0.3, 0.4) is 0 Å². The third-order valence-corrected chi connectivity index (χ3v) is 8.59. The van der Waals surface area contributed by atoms with Gasteiger partial charge in [-0.3, -0.25) is 0 Å². The van der Waals surface area contributed by atoms with Crippen LogP contribution in [0, 0.1) is 13.8 Å². The van der Waals surface area contributed by atoms with E-state index < -0.39 is 20.0 Å². The number of rotatable bonds is 10. The molecule has 2 N–H and O–H groups in total. The Bertz CT molecular complexity index is 1420. The molecule has 0 amide bonds. The maximum absolute atomic E-state index is 12.5. The van der Waals surface area contributed by atoms with E-state index in [2.05, 4.69) is 9.44 Å². The van der Waals surface area contributed by atoms with Crippen molar-refractivity contribution in [2.24, 2.45) is 0 Å². The Morgan fingerprint density at radius 1 is 0.611 bits per heavy atom. The van der Waals surface area contributed by atoms with Crippen molar-refractivity contribution in [2.45, 2.75) is 49.6 Å². The molecule has 10 heteroatoms. The Morgan fingerprint density at radius 2 is 0.972 bits per heavy atom. The summed E-state index contributed by atoms with van der Waals surface area (Å²) in [6, 6.07) is 20.2. The van der Waals surface area contributed by atoms with Gasteiger partial charge in [-0.1, -0.05) is 35.4 Å². The highest BCUT2D eigenvalue weighted by Gasteiger charge is 2.20. The highest BCUT2D eigenvalue weighted by atomic mass is 32.2. The summed E-state index contributed by atoms with van der Waals surface area (Å²) in [7, 11) is -7.32. The van der Waals surface area contributed by atoms with E-state index in [0.717, 1.165) is 11.1 Å². The molecule has 0 fully saturated rings. The van der Waals surface area contributed by atoms with Gasteiger partial charge in [0.15, 0.2) is 0 Å². The van der Waals surface area contributed by atoms with Crippen LogP contribution in [0.5, 0.6) is 0 Å². The predicted octanol–water partition coefficient (Wildman–Crippen LogP) is 4.60. The average molecular weight is 529 g/mol. The number of benzene rings is 2. The van der Waals surface area contributed by atoms with Crippen LogP contribution < -0.4 is 9.44 Å². The Labute approximate surface area is 211 Å². The van der Waals surface area contributed by atoms with E-state index in [9.17, 15) is 16.8 Å². The number of sulfonamides is 2. The summed E-state index contributed by atoms with van der Waals surface area (Å²) in [4.78, 5) is 0.378. The Hall–Kier alpha value is -3.18. The Balaban J connectivity index is 1.36. The quantitative estimate of drug-likeness (QED) is 0.311. The van der Waals surface area contributed by atoms with Crippen LogP contribution in [0.2, 0.25) is 0 Å². The van der Waals surface area contributed by atoms with E-state index in [0.29, 0.717) is 23.0 Å². The van der Waals surface area contributed by atoms with Gasteiger partial charge in [-0.25, -0.2) is 26.3 Å². The van der Waals surface area contributed by atoms with Crippen LogP contribution >= 0.6 is 0 Å². The van der Waals surface area contributed by atoms with Gasteiger partial charge in [0.05, 0.1) is 28.8 Å². The molecular weight excluding hydrogens is 500 g/mol. The van der Waals surface area contributed by atoms with Crippen molar-refractivity contribution < 1.29 is 25.7 Å². The maximum atomic E-state index is 12.5. The van der Waals surface area contributed by atoms with E-state index in [-0.39, 0.29) is 28.8 Å². The molecule has 4 rings (SSSR count). The molecule has 36 heavy (non-hydrogen) atoms. The van der Waals surface area contributed by atoms with E-state index in [4.69, 9.17) is 8.83 Å². The second-order valence-electron chi connectivity index (χ2n) is 8.61. The van der Waals surface area contributed by atoms with Crippen molar-refractivity contribution in [1.29, 1.82) is 0 Å². The largest absolute Gasteiger partial charge is 0.464 e. The lowest BCUT2D eigenvalue weighted by atomic mass is 10.1. The molecule has 0 radical (unpaired) electrons. The molecule has 2 aromatic carbocycles. The molecule has 0 aliphatic carbocycles. The minimum atomic E-state index is -3.66. The molecule has 0 unspecified atom stereocenters.